The van der Waals surface area contributed by atoms with Gasteiger partial charge in [-0.25, -0.2) is 0 Å². The number of carbonyl (C=O) groups is 4. The van der Waals surface area contributed by atoms with Gasteiger partial charge < -0.3 is 41.0 Å². The Morgan fingerprint density at radius 3 is 0.859 bits per heavy atom. The Kier molecular flexibility index (Phi) is 46.7. The molecular formula is C54H105BrN2O7. The van der Waals surface area contributed by atoms with Crippen molar-refractivity contribution >= 4 is 23.8 Å². The quantitative estimate of drug-likeness (QED) is 0.0280. The largest absolute Gasteiger partial charge is 1.00 e. The second-order valence-corrected chi connectivity index (χ2v) is 20.1. The van der Waals surface area contributed by atoms with Crippen LogP contribution in [0.25, 0.3) is 0 Å². The van der Waals surface area contributed by atoms with Gasteiger partial charge in [0.2, 0.25) is 5.91 Å². The molecule has 0 unspecified atom stereocenters. The summed E-state index contributed by atoms with van der Waals surface area (Å²) in [4.78, 5) is 52.9. The lowest BCUT2D eigenvalue weighted by atomic mass is 10.0. The zero-order valence-corrected chi connectivity index (χ0v) is 44.7. The molecule has 0 atom stereocenters. The maximum absolute atomic E-state index is 13.6. The summed E-state index contributed by atoms with van der Waals surface area (Å²) in [6.07, 6.45) is 41.0. The van der Waals surface area contributed by atoms with Crippen LogP contribution in [0.1, 0.15) is 271 Å². The van der Waals surface area contributed by atoms with Crippen molar-refractivity contribution in [2.24, 2.45) is 0 Å². The number of unbranched alkanes of at least 4 members (excludes halogenated alkanes) is 31. The predicted octanol–water partition coefficient (Wildman–Crippen LogP) is 11.5. The molecule has 0 saturated heterocycles. The minimum atomic E-state index is -1.36. The van der Waals surface area contributed by atoms with Crippen LogP contribution in [-0.4, -0.2) is 81.3 Å². The van der Waals surface area contributed by atoms with Crippen LogP contribution >= 0.6 is 0 Å². The van der Waals surface area contributed by atoms with E-state index in [4.69, 9.17) is 14.2 Å². The van der Waals surface area contributed by atoms with Crippen LogP contribution in [-0.2, 0) is 33.4 Å². The summed E-state index contributed by atoms with van der Waals surface area (Å²) in [5, 5.41) is 3.08. The zero-order chi connectivity index (χ0) is 46.5. The van der Waals surface area contributed by atoms with Gasteiger partial charge in [0.15, 0.2) is 0 Å². The Labute approximate surface area is 406 Å². The lowest BCUT2D eigenvalue weighted by Gasteiger charge is -2.33. The first-order valence-electron chi connectivity index (χ1n) is 27.0. The topological polar surface area (TPSA) is 108 Å². The maximum Gasteiger partial charge on any atom is 0.305 e. The molecule has 0 heterocycles. The van der Waals surface area contributed by atoms with Gasteiger partial charge in [-0.05, 0) is 38.5 Å². The lowest BCUT2D eigenvalue weighted by Crippen LogP contribution is -3.00. The van der Waals surface area contributed by atoms with E-state index in [1.54, 1.807) is 0 Å². The van der Waals surface area contributed by atoms with Gasteiger partial charge in [0.25, 0.3) is 0 Å². The van der Waals surface area contributed by atoms with Crippen LogP contribution in [0, 0.1) is 0 Å². The summed E-state index contributed by atoms with van der Waals surface area (Å²) in [6.45, 7) is 7.22. The van der Waals surface area contributed by atoms with Crippen LogP contribution in [0.4, 0.5) is 0 Å². The van der Waals surface area contributed by atoms with Crippen molar-refractivity contribution < 1.29 is 54.9 Å². The third-order valence-corrected chi connectivity index (χ3v) is 12.4. The molecule has 0 fully saturated rings. The van der Waals surface area contributed by atoms with E-state index < -0.39 is 5.54 Å². The number of ether oxygens (including phenoxy) is 3. The Hall–Kier alpha value is -1.68. The monoisotopic (exact) mass is 973 g/mol. The van der Waals surface area contributed by atoms with Gasteiger partial charge in [0.1, 0.15) is 25.4 Å². The first kappa shape index (κ1) is 64.4. The van der Waals surface area contributed by atoms with E-state index in [9.17, 15) is 19.2 Å². The van der Waals surface area contributed by atoms with E-state index in [1.165, 1.54) is 148 Å². The summed E-state index contributed by atoms with van der Waals surface area (Å²) < 4.78 is 18.5. The van der Waals surface area contributed by atoms with Crippen molar-refractivity contribution in [2.75, 3.05) is 47.5 Å². The molecule has 0 aliphatic carbocycles. The molecule has 1 N–H and O–H groups in total. The molecule has 10 heteroatoms. The second-order valence-electron chi connectivity index (χ2n) is 20.1. The molecule has 0 aliphatic rings. The maximum atomic E-state index is 13.6. The number of amides is 1. The predicted molar refractivity (Wildman–Crippen MR) is 264 cm³/mol. The minimum Gasteiger partial charge on any atom is -1.00 e. The van der Waals surface area contributed by atoms with Crippen molar-refractivity contribution in [2.45, 2.75) is 277 Å². The normalized spacial score (nSPS) is 11.6. The van der Waals surface area contributed by atoms with E-state index in [1.807, 2.05) is 0 Å². The molecule has 0 aromatic rings. The molecule has 0 aromatic heterocycles. The van der Waals surface area contributed by atoms with Gasteiger partial charge in [-0.15, -0.1) is 0 Å². The van der Waals surface area contributed by atoms with Crippen molar-refractivity contribution in [3.8, 4) is 0 Å². The number of nitrogens with zero attached hydrogens (tertiary/aromatic N) is 1. The molecule has 0 radical (unpaired) electrons. The number of hydrogen-bond acceptors (Lipinski definition) is 7. The smallest absolute Gasteiger partial charge is 0.305 e. The first-order chi connectivity index (χ1) is 30.5. The van der Waals surface area contributed by atoms with Gasteiger partial charge in [-0.2, -0.15) is 0 Å². The standard InChI is InChI=1S/C54H104N2O7.BrH/c1-7-10-13-16-19-22-28-33-38-43-51(58)61-47-54(48-62-52(59)44-39-34-29-23-20-17-14-11-8-2,49-63-53(60)45-40-35-30-24-21-18-15-12-9-3)55-50(57)42-37-32-27-25-26-31-36-41-46-56(4,5)6;/h7-49H2,1-6H3;1H. The van der Waals surface area contributed by atoms with E-state index in [0.29, 0.717) is 6.42 Å². The van der Waals surface area contributed by atoms with Gasteiger partial charge in [0, 0.05) is 25.7 Å². The van der Waals surface area contributed by atoms with E-state index in [2.05, 4.69) is 47.2 Å². The van der Waals surface area contributed by atoms with Crippen molar-refractivity contribution in [3.63, 3.8) is 0 Å². The number of esters is 3. The molecule has 0 rings (SSSR count). The highest BCUT2D eigenvalue weighted by molar-refractivity contribution is 5.77. The lowest BCUT2D eigenvalue weighted by molar-refractivity contribution is -0.870. The highest BCUT2D eigenvalue weighted by Crippen LogP contribution is 2.18. The van der Waals surface area contributed by atoms with E-state index >= 15 is 0 Å². The molecule has 380 valence electrons. The Morgan fingerprint density at radius 1 is 0.359 bits per heavy atom. The number of rotatable bonds is 48. The van der Waals surface area contributed by atoms with Crippen molar-refractivity contribution in [1.82, 2.24) is 5.32 Å². The zero-order valence-electron chi connectivity index (χ0n) is 43.1. The fourth-order valence-electron chi connectivity index (χ4n) is 8.14. The Balaban J connectivity index is 0. The van der Waals surface area contributed by atoms with Crippen LogP contribution in [0.15, 0.2) is 0 Å². The molecule has 1 amide bonds. The van der Waals surface area contributed by atoms with Crippen LogP contribution in [0.5, 0.6) is 0 Å². The molecule has 9 nitrogen and oxygen atoms in total. The summed E-state index contributed by atoms with van der Waals surface area (Å²) in [7, 11) is 6.72. The second kappa shape index (κ2) is 46.4. The molecule has 0 bridgehead atoms. The molecule has 0 aromatic carbocycles. The highest BCUT2D eigenvalue weighted by Gasteiger charge is 2.37. The third kappa shape index (κ3) is 45.5. The summed E-state index contributed by atoms with van der Waals surface area (Å²) >= 11 is 0. The fourth-order valence-corrected chi connectivity index (χ4v) is 8.14. The molecule has 0 aliphatic heterocycles. The van der Waals surface area contributed by atoms with E-state index in [0.717, 1.165) is 88.0 Å². The van der Waals surface area contributed by atoms with Crippen LogP contribution in [0.3, 0.4) is 0 Å². The number of hydrogen-bond donors (Lipinski definition) is 1. The molecule has 0 saturated carbocycles. The number of halogens is 1. The Bertz CT molecular complexity index is 989. The summed E-state index contributed by atoms with van der Waals surface area (Å²) in [5.74, 6) is -1.27. The number of carbonyl (C=O) groups excluding carboxylic acids is 4. The number of nitrogens with one attached hydrogen (secondary N) is 1. The summed E-state index contributed by atoms with van der Waals surface area (Å²) in [6, 6.07) is 0. The van der Waals surface area contributed by atoms with E-state index in [-0.39, 0.29) is 79.9 Å². The van der Waals surface area contributed by atoms with Gasteiger partial charge in [-0.3, -0.25) is 19.2 Å². The molecule has 0 spiro atoms. The summed E-state index contributed by atoms with van der Waals surface area (Å²) in [5.41, 5.74) is -1.36. The highest BCUT2D eigenvalue weighted by atomic mass is 79.9. The number of quaternary nitrogens is 1. The SMILES string of the molecule is CCCCCCCCCCCC(=O)OCC(COC(=O)CCCCCCCCCCC)(COC(=O)CCCCCCCCCCC)NC(=O)CCCCCCCCCC[N+](C)(C)C.[Br-]. The van der Waals surface area contributed by atoms with Gasteiger partial charge in [-0.1, -0.05) is 207 Å². The van der Waals surface area contributed by atoms with Gasteiger partial charge >= 0.3 is 17.9 Å². The van der Waals surface area contributed by atoms with Gasteiger partial charge in [0.05, 0.1) is 27.7 Å². The van der Waals surface area contributed by atoms with Crippen LogP contribution in [0.2, 0.25) is 0 Å². The third-order valence-electron chi connectivity index (χ3n) is 12.4. The first-order valence-corrected chi connectivity index (χ1v) is 27.0. The Morgan fingerprint density at radius 2 is 0.594 bits per heavy atom. The average Bonchev–Trinajstić information content (AvgIpc) is 3.25. The minimum absolute atomic E-state index is 0. The van der Waals surface area contributed by atoms with Crippen molar-refractivity contribution in [1.29, 1.82) is 0 Å². The molecule has 64 heavy (non-hydrogen) atoms. The molecular weight excluding hydrogens is 869 g/mol. The average molecular weight is 974 g/mol. The fraction of sp³-hybridized carbons (Fsp3) is 0.926. The van der Waals surface area contributed by atoms with Crippen molar-refractivity contribution in [3.05, 3.63) is 0 Å². The van der Waals surface area contributed by atoms with Crippen LogP contribution < -0.4 is 22.3 Å².